The Morgan fingerprint density at radius 2 is 2.00 bits per heavy atom. The van der Waals surface area contributed by atoms with Gasteiger partial charge in [-0.3, -0.25) is 9.79 Å². The number of para-hydroxylation sites is 1. The van der Waals surface area contributed by atoms with Crippen molar-refractivity contribution < 1.29 is 9.63 Å². The topological polar surface area (TPSA) is 129 Å². The fourth-order valence-electron chi connectivity index (χ4n) is 2.29. The van der Waals surface area contributed by atoms with Crippen molar-refractivity contribution in [1.29, 1.82) is 0 Å². The quantitative estimate of drug-likeness (QED) is 0.190. The van der Waals surface area contributed by atoms with Crippen LogP contribution in [0.2, 0.25) is 5.02 Å². The molecule has 140 valence electrons. The van der Waals surface area contributed by atoms with Crippen LogP contribution in [-0.2, 0) is 4.79 Å². The van der Waals surface area contributed by atoms with Gasteiger partial charge in [0.15, 0.2) is 11.5 Å². The van der Waals surface area contributed by atoms with Crippen LogP contribution in [0.4, 0.5) is 5.69 Å². The van der Waals surface area contributed by atoms with Gasteiger partial charge in [0.25, 0.3) is 0 Å². The standard InChI is InChI=1S/C19H20ClN5O2/c1-12(15-4-2-3-5-18(15)27-23)25-19(24-11-14(26)8-9-21)16-7-6-13(20)10-17(16)22/h2-10H,1,11,21-23H2,(H,24,25). The third-order valence-electron chi connectivity index (χ3n) is 3.55. The Bertz CT molecular complexity index is 909. The van der Waals surface area contributed by atoms with Crippen LogP contribution in [0, 0.1) is 0 Å². The summed E-state index contributed by atoms with van der Waals surface area (Å²) in [5.74, 6) is 5.82. The molecule has 8 heteroatoms. The Labute approximate surface area is 162 Å². The van der Waals surface area contributed by atoms with Crippen molar-refractivity contribution >= 4 is 34.6 Å². The molecule has 7 nitrogen and oxygen atoms in total. The molecule has 0 amide bonds. The van der Waals surface area contributed by atoms with Crippen molar-refractivity contribution in [2.75, 3.05) is 12.3 Å². The fraction of sp³-hybridized carbons (Fsp3) is 0.0526. The van der Waals surface area contributed by atoms with Gasteiger partial charge in [-0.25, -0.2) is 0 Å². The predicted octanol–water partition coefficient (Wildman–Crippen LogP) is 2.22. The van der Waals surface area contributed by atoms with Crippen molar-refractivity contribution in [1.82, 2.24) is 5.32 Å². The number of halogens is 1. The van der Waals surface area contributed by atoms with Crippen molar-refractivity contribution in [3.05, 3.63) is 77.5 Å². The van der Waals surface area contributed by atoms with E-state index in [9.17, 15) is 4.79 Å². The maximum Gasteiger partial charge on any atom is 0.178 e. The molecule has 0 aliphatic carbocycles. The molecule has 0 saturated carbocycles. The number of hydrogen-bond donors (Lipinski definition) is 4. The number of aliphatic imine (C=N–C) groups is 1. The minimum absolute atomic E-state index is 0.125. The van der Waals surface area contributed by atoms with E-state index in [2.05, 4.69) is 16.9 Å². The van der Waals surface area contributed by atoms with Crippen molar-refractivity contribution in [3.8, 4) is 5.75 Å². The van der Waals surface area contributed by atoms with E-state index in [-0.39, 0.29) is 12.3 Å². The molecule has 2 rings (SSSR count). The van der Waals surface area contributed by atoms with Crippen LogP contribution in [0.25, 0.3) is 5.70 Å². The predicted molar refractivity (Wildman–Crippen MR) is 109 cm³/mol. The van der Waals surface area contributed by atoms with Crippen LogP contribution < -0.4 is 27.5 Å². The van der Waals surface area contributed by atoms with Crippen LogP contribution >= 0.6 is 11.6 Å². The van der Waals surface area contributed by atoms with Crippen molar-refractivity contribution in [3.63, 3.8) is 0 Å². The number of benzene rings is 2. The minimum atomic E-state index is -0.263. The summed E-state index contributed by atoms with van der Waals surface area (Å²) >= 11 is 5.97. The molecule has 0 heterocycles. The summed E-state index contributed by atoms with van der Waals surface area (Å²) in [4.78, 5) is 20.9. The second-order valence-electron chi connectivity index (χ2n) is 5.44. The molecule has 0 atom stereocenters. The third-order valence-corrected chi connectivity index (χ3v) is 3.79. The Morgan fingerprint density at radius 1 is 1.26 bits per heavy atom. The Balaban J connectivity index is 2.38. The first kappa shape index (κ1) is 20.0. The highest BCUT2D eigenvalue weighted by atomic mass is 35.5. The summed E-state index contributed by atoms with van der Waals surface area (Å²) in [7, 11) is 0. The lowest BCUT2D eigenvalue weighted by Gasteiger charge is -2.16. The maximum absolute atomic E-state index is 11.8. The second-order valence-corrected chi connectivity index (χ2v) is 5.88. The van der Waals surface area contributed by atoms with Crippen LogP contribution in [0.1, 0.15) is 11.1 Å². The van der Waals surface area contributed by atoms with E-state index in [0.29, 0.717) is 39.1 Å². The molecule has 0 saturated heterocycles. The highest BCUT2D eigenvalue weighted by molar-refractivity contribution is 6.31. The molecule has 0 unspecified atom stereocenters. The molecule has 0 radical (unpaired) electrons. The molecular formula is C19H20ClN5O2. The van der Waals surface area contributed by atoms with Crippen LogP contribution in [0.5, 0.6) is 5.75 Å². The highest BCUT2D eigenvalue weighted by Gasteiger charge is 2.13. The summed E-state index contributed by atoms with van der Waals surface area (Å²) in [5.41, 5.74) is 13.4. The molecule has 0 spiro atoms. The summed E-state index contributed by atoms with van der Waals surface area (Å²) in [5, 5.41) is 3.56. The van der Waals surface area contributed by atoms with Crippen molar-refractivity contribution in [2.24, 2.45) is 16.6 Å². The molecule has 7 N–H and O–H groups in total. The van der Waals surface area contributed by atoms with Gasteiger partial charge in [0.1, 0.15) is 12.4 Å². The van der Waals surface area contributed by atoms with Gasteiger partial charge in [0.05, 0.1) is 0 Å². The number of ketones is 1. The zero-order chi connectivity index (χ0) is 19.8. The van der Waals surface area contributed by atoms with Gasteiger partial charge in [-0.2, -0.15) is 5.90 Å². The molecular weight excluding hydrogens is 366 g/mol. The van der Waals surface area contributed by atoms with E-state index in [1.54, 1.807) is 36.4 Å². The minimum Gasteiger partial charge on any atom is -0.411 e. The van der Waals surface area contributed by atoms with E-state index >= 15 is 0 Å². The van der Waals surface area contributed by atoms with Crippen LogP contribution in [-0.4, -0.2) is 18.2 Å². The van der Waals surface area contributed by atoms with Gasteiger partial charge in [0, 0.05) is 27.5 Å². The normalized spacial score (nSPS) is 11.4. The van der Waals surface area contributed by atoms with Gasteiger partial charge in [0.2, 0.25) is 0 Å². The number of amidine groups is 1. The van der Waals surface area contributed by atoms with Gasteiger partial charge in [-0.1, -0.05) is 30.3 Å². The first-order valence-corrected chi connectivity index (χ1v) is 8.27. The zero-order valence-corrected chi connectivity index (χ0v) is 15.2. The number of rotatable bonds is 7. The lowest BCUT2D eigenvalue weighted by Crippen LogP contribution is -2.25. The average Bonchev–Trinajstić information content (AvgIpc) is 2.65. The molecule has 0 aromatic heterocycles. The van der Waals surface area contributed by atoms with E-state index < -0.39 is 0 Å². The Kier molecular flexibility index (Phi) is 6.99. The summed E-state index contributed by atoms with van der Waals surface area (Å²) in [6.45, 7) is 3.87. The molecule has 0 bridgehead atoms. The van der Waals surface area contributed by atoms with Gasteiger partial charge < -0.3 is 21.6 Å². The second kappa shape index (κ2) is 9.42. The third kappa shape index (κ3) is 5.34. The number of nitrogens with two attached hydrogens (primary N) is 3. The smallest absolute Gasteiger partial charge is 0.178 e. The average molecular weight is 386 g/mol. The molecule has 0 aliphatic heterocycles. The number of nitrogens with zero attached hydrogens (tertiary/aromatic N) is 1. The lowest BCUT2D eigenvalue weighted by molar-refractivity contribution is -0.113. The van der Waals surface area contributed by atoms with Crippen LogP contribution in [0.3, 0.4) is 0 Å². The zero-order valence-electron chi connectivity index (χ0n) is 14.5. The van der Waals surface area contributed by atoms with Gasteiger partial charge in [-0.15, -0.1) is 0 Å². The first-order chi connectivity index (χ1) is 13.0. The number of carbonyl (C=O) groups excluding carboxylic acids is 1. The monoisotopic (exact) mass is 385 g/mol. The number of nitrogen functional groups attached to an aromatic ring is 1. The van der Waals surface area contributed by atoms with Gasteiger partial charge >= 0.3 is 0 Å². The van der Waals surface area contributed by atoms with E-state index in [1.807, 2.05) is 6.07 Å². The molecule has 27 heavy (non-hydrogen) atoms. The van der Waals surface area contributed by atoms with E-state index in [4.69, 9.17) is 33.8 Å². The number of hydrogen-bond acceptors (Lipinski definition) is 6. The fourth-order valence-corrected chi connectivity index (χ4v) is 2.47. The van der Waals surface area contributed by atoms with Crippen molar-refractivity contribution in [2.45, 2.75) is 0 Å². The van der Waals surface area contributed by atoms with E-state index in [0.717, 1.165) is 6.20 Å². The Hall–Kier alpha value is -3.29. The Morgan fingerprint density at radius 3 is 2.67 bits per heavy atom. The highest BCUT2D eigenvalue weighted by Crippen LogP contribution is 2.24. The molecule has 0 fully saturated rings. The first-order valence-electron chi connectivity index (χ1n) is 7.89. The number of carbonyl (C=O) groups is 1. The van der Waals surface area contributed by atoms with Gasteiger partial charge in [-0.05, 0) is 42.6 Å². The maximum atomic E-state index is 11.8. The lowest BCUT2D eigenvalue weighted by atomic mass is 10.1. The number of anilines is 1. The summed E-state index contributed by atoms with van der Waals surface area (Å²) in [6.07, 6.45) is 2.40. The molecule has 2 aromatic rings. The number of nitrogens with one attached hydrogen (secondary N) is 1. The SMILES string of the molecule is C=C(NC(=NCC(=O)C=CN)c1ccc(Cl)cc1N)c1ccccc1ON. The molecule has 0 aliphatic rings. The molecule has 2 aromatic carbocycles. The van der Waals surface area contributed by atoms with Crippen LogP contribution in [0.15, 0.2) is 66.3 Å². The largest absolute Gasteiger partial charge is 0.411 e. The van der Waals surface area contributed by atoms with E-state index in [1.165, 1.54) is 6.08 Å². The summed E-state index contributed by atoms with van der Waals surface area (Å²) < 4.78 is 0. The summed E-state index contributed by atoms with van der Waals surface area (Å²) in [6, 6.07) is 12.0.